The Hall–Kier alpha value is -2.82. The largest absolute Gasteiger partial charge is 0.473 e. The van der Waals surface area contributed by atoms with Gasteiger partial charge in [0.05, 0.1) is 51.9 Å². The summed E-state index contributed by atoms with van der Waals surface area (Å²) in [5.74, 6) is 0.0899. The van der Waals surface area contributed by atoms with Crippen molar-refractivity contribution in [1.29, 1.82) is 0 Å². The second-order valence-electron chi connectivity index (χ2n) is 9.78. The van der Waals surface area contributed by atoms with E-state index in [9.17, 15) is 13.2 Å². The van der Waals surface area contributed by atoms with Crippen LogP contribution in [0.1, 0.15) is 49.6 Å². The molecule has 0 radical (unpaired) electrons. The number of pyridine rings is 1. The van der Waals surface area contributed by atoms with E-state index in [4.69, 9.17) is 9.72 Å². The fraction of sp³-hybridized carbons (Fsp3) is 0.444. The first-order valence-corrected chi connectivity index (χ1v) is 15.1. The maximum Gasteiger partial charge on any atom is 0.273 e. The van der Waals surface area contributed by atoms with Crippen molar-refractivity contribution in [2.75, 3.05) is 30.9 Å². The molecule has 1 spiro atoms. The molecule has 196 valence electrons. The molecule has 5 rings (SSSR count). The number of hydrogen-bond acceptors (Lipinski definition) is 8. The van der Waals surface area contributed by atoms with E-state index in [-0.39, 0.29) is 23.6 Å². The van der Waals surface area contributed by atoms with Crippen molar-refractivity contribution in [3.8, 4) is 15.8 Å². The number of carbonyl (C=O) groups is 1. The van der Waals surface area contributed by atoms with Crippen LogP contribution in [0.5, 0.6) is 5.19 Å². The van der Waals surface area contributed by atoms with Gasteiger partial charge in [0.25, 0.3) is 5.19 Å². The molecule has 1 aliphatic heterocycles. The number of carbonyl (C=O) groups excluding carboxylic acids is 1. The summed E-state index contributed by atoms with van der Waals surface area (Å²) in [5, 5.41) is 3.85. The minimum absolute atomic E-state index is 0.0143. The Bertz CT molecular complexity index is 1410. The predicted molar refractivity (Wildman–Crippen MR) is 145 cm³/mol. The average Bonchev–Trinajstić information content (AvgIpc) is 3.62. The van der Waals surface area contributed by atoms with E-state index in [2.05, 4.69) is 10.3 Å². The predicted octanol–water partition coefficient (Wildman–Crippen LogP) is 4.26. The molecule has 2 aliphatic rings. The number of nitrogens with one attached hydrogen (secondary N) is 1. The van der Waals surface area contributed by atoms with Crippen molar-refractivity contribution in [3.05, 3.63) is 53.3 Å². The number of hydrogen-bond donors (Lipinski definition) is 1. The van der Waals surface area contributed by atoms with E-state index >= 15 is 0 Å². The average molecular weight is 541 g/mol. The number of thiazole rings is 1. The van der Waals surface area contributed by atoms with Crippen LogP contribution in [-0.4, -0.2) is 50.2 Å². The number of nitrogens with zero attached hydrogens (tertiary/aromatic N) is 3. The van der Waals surface area contributed by atoms with Crippen molar-refractivity contribution in [3.63, 3.8) is 0 Å². The number of fused-ring (bicyclic) bond motifs is 2. The Labute approximate surface area is 222 Å². The van der Waals surface area contributed by atoms with E-state index < -0.39 is 9.84 Å². The summed E-state index contributed by atoms with van der Waals surface area (Å²) in [6.07, 6.45) is 4.35. The molecule has 1 aromatic carbocycles. The van der Waals surface area contributed by atoms with E-state index in [0.717, 1.165) is 58.9 Å². The summed E-state index contributed by atoms with van der Waals surface area (Å²) in [7, 11) is -1.60. The van der Waals surface area contributed by atoms with Gasteiger partial charge in [-0.2, -0.15) is 0 Å². The molecule has 3 heterocycles. The lowest BCUT2D eigenvalue weighted by atomic mass is 9.84. The summed E-state index contributed by atoms with van der Waals surface area (Å²) in [6.45, 7) is 4.93. The third-order valence-corrected chi connectivity index (χ3v) is 10.3. The molecule has 0 saturated heterocycles. The zero-order chi connectivity index (χ0) is 26.2. The molecule has 1 aliphatic carbocycles. The molecule has 0 bridgehead atoms. The molecule has 1 fully saturated rings. The number of amides is 1. The smallest absolute Gasteiger partial charge is 0.273 e. The molecular weight excluding hydrogens is 508 g/mol. The number of ether oxygens (including phenoxy) is 1. The minimum Gasteiger partial charge on any atom is -0.473 e. The van der Waals surface area contributed by atoms with E-state index in [1.54, 1.807) is 38.3 Å². The molecule has 3 aromatic rings. The van der Waals surface area contributed by atoms with E-state index in [0.29, 0.717) is 23.2 Å². The van der Waals surface area contributed by atoms with Gasteiger partial charge in [-0.15, -0.1) is 0 Å². The Morgan fingerprint density at radius 2 is 1.86 bits per heavy atom. The van der Waals surface area contributed by atoms with Crippen LogP contribution in [-0.2, 0) is 26.6 Å². The molecule has 8 nitrogen and oxygen atoms in total. The first-order chi connectivity index (χ1) is 17.8. The molecule has 1 amide bonds. The van der Waals surface area contributed by atoms with Gasteiger partial charge in [0, 0.05) is 18.5 Å². The molecule has 1 N–H and O–H groups in total. The van der Waals surface area contributed by atoms with Crippen molar-refractivity contribution < 1.29 is 17.9 Å². The third-order valence-electron chi connectivity index (χ3n) is 7.44. The fourth-order valence-corrected chi connectivity index (χ4v) is 7.14. The second kappa shape index (κ2) is 10.2. The van der Waals surface area contributed by atoms with Crippen molar-refractivity contribution in [2.45, 2.75) is 56.4 Å². The zero-order valence-electron chi connectivity index (χ0n) is 21.4. The first-order valence-electron chi connectivity index (χ1n) is 12.6. The Balaban J connectivity index is 1.32. The molecule has 2 aromatic heterocycles. The third kappa shape index (κ3) is 4.89. The molecular formula is C27H32N4O4S2. The maximum absolute atomic E-state index is 13.3. The fourth-order valence-electron chi connectivity index (χ4n) is 5.41. The molecule has 37 heavy (non-hydrogen) atoms. The summed E-state index contributed by atoms with van der Waals surface area (Å²) in [5.41, 5.74) is 4.54. The van der Waals surface area contributed by atoms with Crippen LogP contribution in [0, 0.1) is 6.92 Å². The van der Waals surface area contributed by atoms with Crippen LogP contribution in [0.4, 0.5) is 5.69 Å². The highest BCUT2D eigenvalue weighted by atomic mass is 32.2. The normalized spacial score (nSPS) is 16.4. The van der Waals surface area contributed by atoms with Crippen LogP contribution in [0.2, 0.25) is 0 Å². The highest BCUT2D eigenvalue weighted by Crippen LogP contribution is 2.50. The number of methoxy groups -OCH3 is 1. The second-order valence-corrected chi connectivity index (χ2v) is 13.0. The van der Waals surface area contributed by atoms with Gasteiger partial charge in [0.1, 0.15) is 0 Å². The summed E-state index contributed by atoms with van der Waals surface area (Å²) < 4.78 is 29.4. The summed E-state index contributed by atoms with van der Waals surface area (Å²) >= 11 is 1.49. The Kier molecular flexibility index (Phi) is 7.08. The van der Waals surface area contributed by atoms with Crippen LogP contribution in [0.25, 0.3) is 10.6 Å². The first kappa shape index (κ1) is 25.8. The number of anilines is 1. The highest BCUT2D eigenvalue weighted by molar-refractivity contribution is 7.91. The maximum atomic E-state index is 13.3. The Morgan fingerprint density at radius 1 is 1.14 bits per heavy atom. The number of rotatable bonds is 8. The molecule has 0 atom stereocenters. The lowest BCUT2D eigenvalue weighted by Gasteiger charge is -2.24. The van der Waals surface area contributed by atoms with Crippen molar-refractivity contribution in [1.82, 2.24) is 15.3 Å². The zero-order valence-corrected chi connectivity index (χ0v) is 23.0. The SMILES string of the molecule is CCS(=O)(=O)c1ccc(CNCC(=O)N2CC3(CCCC3)c3nc(-c4sc(OC)nc4C)ccc32)cc1. The van der Waals surface area contributed by atoms with Crippen LogP contribution in [0.3, 0.4) is 0 Å². The van der Waals surface area contributed by atoms with Crippen LogP contribution >= 0.6 is 11.3 Å². The van der Waals surface area contributed by atoms with Gasteiger partial charge in [0.15, 0.2) is 9.84 Å². The summed E-state index contributed by atoms with van der Waals surface area (Å²) in [4.78, 5) is 26.1. The van der Waals surface area contributed by atoms with Gasteiger partial charge in [-0.05, 0) is 49.6 Å². The van der Waals surface area contributed by atoms with Crippen molar-refractivity contribution >= 4 is 32.8 Å². The molecule has 0 unspecified atom stereocenters. The van der Waals surface area contributed by atoms with Crippen LogP contribution < -0.4 is 15.0 Å². The van der Waals surface area contributed by atoms with Gasteiger partial charge in [-0.1, -0.05) is 43.2 Å². The van der Waals surface area contributed by atoms with Gasteiger partial charge < -0.3 is 15.0 Å². The topological polar surface area (TPSA) is 101 Å². The number of aryl methyl sites for hydroxylation is 1. The number of sulfone groups is 1. The van der Waals surface area contributed by atoms with Gasteiger partial charge in [0.2, 0.25) is 5.91 Å². The van der Waals surface area contributed by atoms with Gasteiger partial charge in [-0.25, -0.2) is 18.4 Å². The summed E-state index contributed by atoms with van der Waals surface area (Å²) in [6, 6.07) is 10.8. The lowest BCUT2D eigenvalue weighted by molar-refractivity contribution is -0.117. The highest BCUT2D eigenvalue weighted by Gasteiger charge is 2.47. The van der Waals surface area contributed by atoms with Crippen molar-refractivity contribution in [2.24, 2.45) is 0 Å². The molecule has 1 saturated carbocycles. The van der Waals surface area contributed by atoms with Gasteiger partial charge >= 0.3 is 0 Å². The quantitative estimate of drug-likeness (QED) is 0.455. The lowest BCUT2D eigenvalue weighted by Crippen LogP contribution is -2.40. The minimum atomic E-state index is -3.22. The standard InChI is InChI=1S/C27H32N4O4S2/c1-4-37(33,34)20-9-7-19(8-10-20)15-28-16-23(32)31-17-27(13-5-6-14-27)25-22(31)12-11-21(30-25)24-18(2)29-26(35-3)36-24/h7-12,28H,4-6,13-17H2,1-3H3. The molecule has 10 heteroatoms. The number of benzene rings is 1. The van der Waals surface area contributed by atoms with E-state index in [1.807, 2.05) is 24.0 Å². The Morgan fingerprint density at radius 3 is 2.51 bits per heavy atom. The monoisotopic (exact) mass is 540 g/mol. The number of aromatic nitrogens is 2. The van der Waals surface area contributed by atoms with Crippen LogP contribution in [0.15, 0.2) is 41.3 Å². The van der Waals surface area contributed by atoms with E-state index in [1.165, 1.54) is 11.3 Å². The van der Waals surface area contributed by atoms with Gasteiger partial charge in [-0.3, -0.25) is 4.79 Å².